The second-order valence-corrected chi connectivity index (χ2v) is 7.83. The Morgan fingerprint density at radius 1 is 1.13 bits per heavy atom. The molecule has 0 saturated carbocycles. The highest BCUT2D eigenvalue weighted by Gasteiger charge is 2.42. The Balaban J connectivity index is 1.43. The largest absolute Gasteiger partial charge is 0.416 e. The molecule has 1 aliphatic heterocycles. The first-order valence-corrected chi connectivity index (χ1v) is 10.4. The lowest BCUT2D eigenvalue weighted by atomic mass is 9.73. The van der Waals surface area contributed by atoms with Gasteiger partial charge in [-0.1, -0.05) is 30.3 Å². The van der Waals surface area contributed by atoms with Crippen LogP contribution in [0.5, 0.6) is 0 Å². The molecule has 1 saturated heterocycles. The minimum atomic E-state index is -4.45. The van der Waals surface area contributed by atoms with Crippen molar-refractivity contribution in [2.45, 2.75) is 37.3 Å². The van der Waals surface area contributed by atoms with Crippen molar-refractivity contribution >= 4 is 16.9 Å². The van der Waals surface area contributed by atoms with E-state index in [1.54, 1.807) is 6.07 Å². The van der Waals surface area contributed by atoms with Crippen LogP contribution < -0.4 is 5.32 Å². The van der Waals surface area contributed by atoms with E-state index in [0.717, 1.165) is 29.0 Å². The van der Waals surface area contributed by atoms with Crippen molar-refractivity contribution < 1.29 is 22.7 Å². The number of H-pyrrole nitrogens is 1. The van der Waals surface area contributed by atoms with Crippen molar-refractivity contribution in [2.24, 2.45) is 0 Å². The topological polar surface area (TPSA) is 67.0 Å². The van der Waals surface area contributed by atoms with Crippen molar-refractivity contribution in [1.29, 1.82) is 0 Å². The van der Waals surface area contributed by atoms with Gasteiger partial charge in [0.2, 0.25) is 5.91 Å². The van der Waals surface area contributed by atoms with Crippen LogP contribution in [0.2, 0.25) is 0 Å². The Morgan fingerprint density at radius 3 is 2.65 bits per heavy atom. The number of nitrogens with zero attached hydrogens (tertiary/aromatic N) is 1. The Kier molecular flexibility index (Phi) is 6.00. The molecule has 8 heteroatoms. The number of imidazole rings is 1. The predicted octanol–water partition coefficient (Wildman–Crippen LogP) is 4.38. The van der Waals surface area contributed by atoms with Gasteiger partial charge in [0.25, 0.3) is 0 Å². The standard InChI is InChI=1S/C23H24F3N3O2/c24-23(25,26)17-6-3-5-16(15-17)22(10-13-31-14-11-22)21(30)27-12-4-9-20-28-18-7-1-2-8-19(18)29-20/h1-3,5-8,15H,4,9-14H2,(H,27,30)(H,28,29). The zero-order chi connectivity index (χ0) is 21.9. The molecule has 1 amide bonds. The van der Waals surface area contributed by atoms with Crippen LogP contribution in [0.4, 0.5) is 13.2 Å². The summed E-state index contributed by atoms with van der Waals surface area (Å²) < 4.78 is 45.0. The highest BCUT2D eigenvalue weighted by atomic mass is 19.4. The molecular formula is C23H24F3N3O2. The number of aromatic nitrogens is 2. The molecule has 3 aromatic rings. The molecule has 2 heterocycles. The number of amides is 1. The fraction of sp³-hybridized carbons (Fsp3) is 0.391. The summed E-state index contributed by atoms with van der Waals surface area (Å²) in [5, 5.41) is 2.94. The van der Waals surface area contributed by atoms with E-state index in [2.05, 4.69) is 15.3 Å². The number of fused-ring (bicyclic) bond motifs is 1. The van der Waals surface area contributed by atoms with E-state index >= 15 is 0 Å². The van der Waals surface area contributed by atoms with Crippen molar-refractivity contribution in [3.63, 3.8) is 0 Å². The van der Waals surface area contributed by atoms with Gasteiger partial charge < -0.3 is 15.0 Å². The van der Waals surface area contributed by atoms with Gasteiger partial charge in [-0.05, 0) is 43.0 Å². The van der Waals surface area contributed by atoms with E-state index in [-0.39, 0.29) is 5.91 Å². The lowest BCUT2D eigenvalue weighted by molar-refractivity contribution is -0.138. The molecule has 0 spiro atoms. The number of aryl methyl sites for hydroxylation is 1. The number of para-hydroxylation sites is 2. The van der Waals surface area contributed by atoms with Crippen LogP contribution >= 0.6 is 0 Å². The minimum Gasteiger partial charge on any atom is -0.381 e. The number of rotatable bonds is 6. The SMILES string of the molecule is O=C(NCCCc1nc2ccccc2[nH]1)C1(c2cccc(C(F)(F)F)c2)CCOCC1. The lowest BCUT2D eigenvalue weighted by Crippen LogP contribution is -2.48. The Labute approximate surface area is 178 Å². The van der Waals surface area contributed by atoms with Gasteiger partial charge in [0.1, 0.15) is 5.82 Å². The van der Waals surface area contributed by atoms with Crippen LogP contribution in [0.25, 0.3) is 11.0 Å². The van der Waals surface area contributed by atoms with Crippen LogP contribution in [0.1, 0.15) is 36.2 Å². The second-order valence-electron chi connectivity index (χ2n) is 7.83. The molecule has 1 aromatic heterocycles. The van der Waals surface area contributed by atoms with Crippen LogP contribution in [0.15, 0.2) is 48.5 Å². The second kappa shape index (κ2) is 8.70. The van der Waals surface area contributed by atoms with Gasteiger partial charge in [-0.2, -0.15) is 13.2 Å². The number of carbonyl (C=O) groups is 1. The third-order valence-electron chi connectivity index (χ3n) is 5.84. The molecule has 2 aromatic carbocycles. The monoisotopic (exact) mass is 431 g/mol. The number of hydrogen-bond acceptors (Lipinski definition) is 3. The molecular weight excluding hydrogens is 407 g/mol. The Hall–Kier alpha value is -2.87. The third-order valence-corrected chi connectivity index (χ3v) is 5.84. The summed E-state index contributed by atoms with van der Waals surface area (Å²) in [6.45, 7) is 1.09. The fourth-order valence-corrected chi connectivity index (χ4v) is 4.11. The fourth-order valence-electron chi connectivity index (χ4n) is 4.11. The first-order chi connectivity index (χ1) is 14.9. The van der Waals surface area contributed by atoms with Crippen molar-refractivity contribution in [3.8, 4) is 0 Å². The van der Waals surface area contributed by atoms with Gasteiger partial charge in [0.05, 0.1) is 22.0 Å². The summed E-state index contributed by atoms with van der Waals surface area (Å²) in [4.78, 5) is 20.9. The molecule has 0 unspecified atom stereocenters. The van der Waals surface area contributed by atoms with E-state index in [1.807, 2.05) is 24.3 Å². The predicted molar refractivity (Wildman–Crippen MR) is 111 cm³/mol. The van der Waals surface area contributed by atoms with E-state index in [9.17, 15) is 18.0 Å². The molecule has 164 valence electrons. The van der Waals surface area contributed by atoms with Crippen LogP contribution in [-0.2, 0) is 27.5 Å². The number of ether oxygens (including phenoxy) is 1. The van der Waals surface area contributed by atoms with Gasteiger partial charge in [0.15, 0.2) is 0 Å². The van der Waals surface area contributed by atoms with Crippen LogP contribution in [-0.4, -0.2) is 35.6 Å². The molecule has 5 nitrogen and oxygen atoms in total. The minimum absolute atomic E-state index is 0.250. The van der Waals surface area contributed by atoms with Crippen molar-refractivity contribution in [3.05, 3.63) is 65.5 Å². The average molecular weight is 431 g/mol. The van der Waals surface area contributed by atoms with Gasteiger partial charge >= 0.3 is 6.18 Å². The van der Waals surface area contributed by atoms with Gasteiger partial charge in [0, 0.05) is 26.2 Å². The number of alkyl halides is 3. The highest BCUT2D eigenvalue weighted by molar-refractivity contribution is 5.88. The van der Waals surface area contributed by atoms with Crippen LogP contribution in [0.3, 0.4) is 0 Å². The van der Waals surface area contributed by atoms with Gasteiger partial charge in [-0.15, -0.1) is 0 Å². The summed E-state index contributed by atoms with van der Waals surface area (Å²) in [5.41, 5.74) is 0.493. The summed E-state index contributed by atoms with van der Waals surface area (Å²) in [6.07, 6.45) is -2.42. The highest BCUT2D eigenvalue weighted by Crippen LogP contribution is 2.38. The molecule has 31 heavy (non-hydrogen) atoms. The first-order valence-electron chi connectivity index (χ1n) is 10.4. The molecule has 0 aliphatic carbocycles. The number of aromatic amines is 1. The zero-order valence-electron chi connectivity index (χ0n) is 17.0. The number of carbonyl (C=O) groups excluding carboxylic acids is 1. The molecule has 0 atom stereocenters. The van der Waals surface area contributed by atoms with E-state index in [1.165, 1.54) is 6.07 Å². The molecule has 2 N–H and O–H groups in total. The Bertz CT molecular complexity index is 1020. The maximum Gasteiger partial charge on any atom is 0.416 e. The van der Waals surface area contributed by atoms with Crippen molar-refractivity contribution in [2.75, 3.05) is 19.8 Å². The molecule has 1 fully saturated rings. The number of halogens is 3. The Morgan fingerprint density at radius 2 is 1.90 bits per heavy atom. The number of benzene rings is 2. The normalized spacial score (nSPS) is 16.4. The smallest absolute Gasteiger partial charge is 0.381 e. The molecule has 0 radical (unpaired) electrons. The average Bonchev–Trinajstić information content (AvgIpc) is 3.19. The van der Waals surface area contributed by atoms with Crippen LogP contribution in [0, 0.1) is 0 Å². The molecule has 0 bridgehead atoms. The maximum absolute atomic E-state index is 13.2. The van der Waals surface area contributed by atoms with Gasteiger partial charge in [-0.3, -0.25) is 4.79 Å². The summed E-state index contributed by atoms with van der Waals surface area (Å²) in [5.74, 6) is 0.592. The summed E-state index contributed by atoms with van der Waals surface area (Å²) in [7, 11) is 0. The molecule has 4 rings (SSSR count). The quantitative estimate of drug-likeness (QED) is 0.570. The summed E-state index contributed by atoms with van der Waals surface area (Å²) in [6, 6.07) is 12.8. The number of hydrogen-bond donors (Lipinski definition) is 2. The summed E-state index contributed by atoms with van der Waals surface area (Å²) >= 11 is 0. The third kappa shape index (κ3) is 4.58. The van der Waals surface area contributed by atoms with E-state index in [0.29, 0.717) is 51.0 Å². The van der Waals surface area contributed by atoms with E-state index in [4.69, 9.17) is 4.74 Å². The molecule has 1 aliphatic rings. The lowest BCUT2D eigenvalue weighted by Gasteiger charge is -2.36. The maximum atomic E-state index is 13.2. The number of nitrogens with one attached hydrogen (secondary N) is 2. The van der Waals surface area contributed by atoms with E-state index < -0.39 is 17.2 Å². The zero-order valence-corrected chi connectivity index (χ0v) is 17.0. The van der Waals surface area contributed by atoms with Crippen molar-refractivity contribution in [1.82, 2.24) is 15.3 Å². The van der Waals surface area contributed by atoms with Gasteiger partial charge in [-0.25, -0.2) is 4.98 Å². The first kappa shape index (κ1) is 21.4.